The predicted octanol–water partition coefficient (Wildman–Crippen LogP) is 2.59. The molecule has 0 amide bonds. The minimum absolute atomic E-state index is 0.246. The van der Waals surface area contributed by atoms with Crippen molar-refractivity contribution in [3.8, 4) is 0 Å². The second kappa shape index (κ2) is 5.41. The number of hydrogen-bond acceptors (Lipinski definition) is 3. The van der Waals surface area contributed by atoms with Crippen LogP contribution in [0.5, 0.6) is 0 Å². The zero-order chi connectivity index (χ0) is 13.4. The van der Waals surface area contributed by atoms with Gasteiger partial charge in [0.2, 0.25) is 0 Å². The Kier molecular flexibility index (Phi) is 3.81. The number of nitrogens with two attached hydrogens (primary N) is 1. The Morgan fingerprint density at radius 1 is 1.47 bits per heavy atom. The van der Waals surface area contributed by atoms with Gasteiger partial charge in [0.15, 0.2) is 0 Å². The van der Waals surface area contributed by atoms with Gasteiger partial charge in [0.25, 0.3) is 0 Å². The van der Waals surface area contributed by atoms with Gasteiger partial charge in [0.05, 0.1) is 12.2 Å². The smallest absolute Gasteiger partial charge is 0.0624 e. The van der Waals surface area contributed by atoms with Crippen LogP contribution in [0.25, 0.3) is 0 Å². The SMILES string of the molecule is Cc1ccc(CC(NN)C2CC3CCC2O3)c(Cl)c1. The lowest BCUT2D eigenvalue weighted by molar-refractivity contribution is 0.0857. The van der Waals surface area contributed by atoms with Crippen LogP contribution in [0.4, 0.5) is 0 Å². The molecule has 3 N–H and O–H groups in total. The third-order valence-electron chi connectivity index (χ3n) is 4.53. The summed E-state index contributed by atoms with van der Waals surface area (Å²) < 4.78 is 5.93. The molecule has 19 heavy (non-hydrogen) atoms. The molecule has 0 spiro atoms. The second-order valence-corrected chi connectivity index (χ2v) is 6.25. The molecule has 3 rings (SSSR count). The number of hydrazine groups is 1. The van der Waals surface area contributed by atoms with Gasteiger partial charge >= 0.3 is 0 Å². The van der Waals surface area contributed by atoms with Crippen molar-refractivity contribution >= 4 is 11.6 Å². The van der Waals surface area contributed by atoms with Crippen LogP contribution in [-0.2, 0) is 11.2 Å². The molecule has 0 radical (unpaired) electrons. The lowest BCUT2D eigenvalue weighted by Crippen LogP contribution is -2.45. The summed E-state index contributed by atoms with van der Waals surface area (Å²) in [6, 6.07) is 6.47. The maximum Gasteiger partial charge on any atom is 0.0624 e. The summed E-state index contributed by atoms with van der Waals surface area (Å²) >= 11 is 6.32. The first kappa shape index (κ1) is 13.4. The Hall–Kier alpha value is -0.610. The van der Waals surface area contributed by atoms with Crippen LogP contribution < -0.4 is 11.3 Å². The molecule has 1 aromatic rings. The summed E-state index contributed by atoms with van der Waals surface area (Å²) in [5, 5.41) is 0.837. The maximum absolute atomic E-state index is 6.32. The van der Waals surface area contributed by atoms with Crippen LogP contribution in [0.1, 0.15) is 30.4 Å². The number of nitrogens with one attached hydrogen (secondary N) is 1. The van der Waals surface area contributed by atoms with Crippen molar-refractivity contribution in [2.24, 2.45) is 11.8 Å². The van der Waals surface area contributed by atoms with Crippen molar-refractivity contribution in [1.29, 1.82) is 0 Å². The van der Waals surface area contributed by atoms with E-state index < -0.39 is 0 Å². The van der Waals surface area contributed by atoms with E-state index in [1.165, 1.54) is 18.4 Å². The van der Waals surface area contributed by atoms with Gasteiger partial charge in [-0.05, 0) is 49.8 Å². The van der Waals surface area contributed by atoms with Gasteiger partial charge in [-0.15, -0.1) is 0 Å². The van der Waals surface area contributed by atoms with Crippen molar-refractivity contribution < 1.29 is 4.74 Å². The van der Waals surface area contributed by atoms with E-state index in [1.807, 2.05) is 6.07 Å². The number of aryl methyl sites for hydroxylation is 1. The second-order valence-electron chi connectivity index (χ2n) is 5.85. The molecule has 2 bridgehead atoms. The molecule has 2 saturated heterocycles. The van der Waals surface area contributed by atoms with E-state index in [9.17, 15) is 0 Å². The Bertz CT molecular complexity index is 465. The Balaban J connectivity index is 1.73. The van der Waals surface area contributed by atoms with Crippen molar-refractivity contribution in [3.05, 3.63) is 34.3 Å². The quantitative estimate of drug-likeness (QED) is 0.658. The minimum atomic E-state index is 0.246. The van der Waals surface area contributed by atoms with Crippen molar-refractivity contribution in [2.75, 3.05) is 0 Å². The average Bonchev–Trinajstić information content (AvgIpc) is 3.00. The van der Waals surface area contributed by atoms with Crippen LogP contribution in [0.2, 0.25) is 5.02 Å². The molecular weight excluding hydrogens is 260 g/mol. The number of benzene rings is 1. The highest BCUT2D eigenvalue weighted by Gasteiger charge is 2.44. The number of halogens is 1. The Morgan fingerprint density at radius 2 is 2.32 bits per heavy atom. The standard InChI is InChI=1S/C15H21ClN2O/c1-9-2-3-10(13(16)6-9)7-14(18-17)12-8-11-4-5-15(12)19-11/h2-3,6,11-12,14-15,18H,4-5,7-8,17H2,1H3. The van der Waals surface area contributed by atoms with Gasteiger partial charge in [-0.25, -0.2) is 0 Å². The van der Waals surface area contributed by atoms with E-state index in [-0.39, 0.29) is 6.04 Å². The number of fused-ring (bicyclic) bond motifs is 2. The molecule has 2 aliphatic heterocycles. The average molecular weight is 281 g/mol. The fourth-order valence-electron chi connectivity index (χ4n) is 3.49. The van der Waals surface area contributed by atoms with E-state index in [4.69, 9.17) is 22.2 Å². The first-order valence-corrected chi connectivity index (χ1v) is 7.42. The molecule has 4 unspecified atom stereocenters. The van der Waals surface area contributed by atoms with E-state index in [2.05, 4.69) is 24.5 Å². The van der Waals surface area contributed by atoms with Crippen molar-refractivity contribution in [3.63, 3.8) is 0 Å². The van der Waals surface area contributed by atoms with Crippen LogP contribution in [-0.4, -0.2) is 18.2 Å². The molecule has 1 aromatic carbocycles. The fraction of sp³-hybridized carbons (Fsp3) is 0.600. The van der Waals surface area contributed by atoms with E-state index in [0.717, 1.165) is 23.4 Å². The summed E-state index contributed by atoms with van der Waals surface area (Å²) in [6.07, 6.45) is 5.23. The predicted molar refractivity (Wildman–Crippen MR) is 77.0 cm³/mol. The number of ether oxygens (including phenoxy) is 1. The van der Waals surface area contributed by atoms with Gasteiger partial charge in [-0.2, -0.15) is 0 Å². The zero-order valence-corrected chi connectivity index (χ0v) is 12.0. The molecule has 2 fully saturated rings. The first-order valence-electron chi connectivity index (χ1n) is 7.04. The van der Waals surface area contributed by atoms with Gasteiger partial charge < -0.3 is 4.74 Å². The first-order chi connectivity index (χ1) is 9.17. The van der Waals surface area contributed by atoms with E-state index in [1.54, 1.807) is 0 Å². The normalized spacial score (nSPS) is 30.8. The Morgan fingerprint density at radius 3 is 2.89 bits per heavy atom. The summed E-state index contributed by atoms with van der Waals surface area (Å²) in [6.45, 7) is 2.05. The van der Waals surface area contributed by atoms with E-state index in [0.29, 0.717) is 18.1 Å². The van der Waals surface area contributed by atoms with Crippen LogP contribution in [0.15, 0.2) is 18.2 Å². The summed E-state index contributed by atoms with van der Waals surface area (Å²) in [7, 11) is 0. The molecule has 3 nitrogen and oxygen atoms in total. The molecule has 0 aliphatic carbocycles. The highest BCUT2D eigenvalue weighted by molar-refractivity contribution is 6.31. The summed E-state index contributed by atoms with van der Waals surface area (Å²) in [5.74, 6) is 6.28. The van der Waals surface area contributed by atoms with Gasteiger partial charge in [0.1, 0.15) is 0 Å². The van der Waals surface area contributed by atoms with Crippen molar-refractivity contribution in [2.45, 2.75) is 50.9 Å². The van der Waals surface area contributed by atoms with Crippen LogP contribution in [0.3, 0.4) is 0 Å². The number of hydrogen-bond donors (Lipinski definition) is 2. The molecule has 4 heteroatoms. The highest BCUT2D eigenvalue weighted by atomic mass is 35.5. The summed E-state index contributed by atoms with van der Waals surface area (Å²) in [5.41, 5.74) is 5.33. The lowest BCUT2D eigenvalue weighted by atomic mass is 9.81. The molecule has 4 atom stereocenters. The monoisotopic (exact) mass is 280 g/mol. The Labute approximate surface area is 119 Å². The van der Waals surface area contributed by atoms with Crippen LogP contribution in [0, 0.1) is 12.8 Å². The lowest BCUT2D eigenvalue weighted by Gasteiger charge is -2.28. The minimum Gasteiger partial charge on any atom is -0.375 e. The zero-order valence-electron chi connectivity index (χ0n) is 11.2. The molecule has 2 aliphatic rings. The van der Waals surface area contributed by atoms with Gasteiger partial charge in [-0.1, -0.05) is 23.7 Å². The van der Waals surface area contributed by atoms with E-state index >= 15 is 0 Å². The molecular formula is C15H21ClN2O. The van der Waals surface area contributed by atoms with Gasteiger partial charge in [-0.3, -0.25) is 11.3 Å². The van der Waals surface area contributed by atoms with Gasteiger partial charge in [0, 0.05) is 17.0 Å². The largest absolute Gasteiger partial charge is 0.375 e. The topological polar surface area (TPSA) is 47.3 Å². The fourth-order valence-corrected chi connectivity index (χ4v) is 3.80. The maximum atomic E-state index is 6.32. The molecule has 0 saturated carbocycles. The van der Waals surface area contributed by atoms with Crippen molar-refractivity contribution in [1.82, 2.24) is 5.43 Å². The molecule has 2 heterocycles. The number of rotatable bonds is 4. The third kappa shape index (κ3) is 2.65. The highest BCUT2D eigenvalue weighted by Crippen LogP contribution is 2.41. The summed E-state index contributed by atoms with van der Waals surface area (Å²) in [4.78, 5) is 0. The molecule has 0 aromatic heterocycles. The molecule has 104 valence electrons. The third-order valence-corrected chi connectivity index (χ3v) is 4.88. The van der Waals surface area contributed by atoms with Crippen LogP contribution >= 0.6 is 11.6 Å².